The minimum absolute atomic E-state index is 0.272. The molecule has 0 N–H and O–H groups in total. The third kappa shape index (κ3) is 5.77. The number of unbranched alkanes of at least 4 members (excludes halogenated alkanes) is 1. The average Bonchev–Trinajstić information content (AvgIpc) is 2.68. The molecule has 4 heteroatoms. The number of hydrogen-bond donors (Lipinski definition) is 0. The van der Waals surface area contributed by atoms with Gasteiger partial charge in [0.05, 0.1) is 17.7 Å². The quantitative estimate of drug-likeness (QED) is 0.465. The summed E-state index contributed by atoms with van der Waals surface area (Å²) in [6, 6.07) is 5.06. The first-order valence-corrected chi connectivity index (χ1v) is 11.1. The van der Waals surface area contributed by atoms with Crippen molar-refractivity contribution in [2.75, 3.05) is 13.2 Å². The lowest BCUT2D eigenvalue weighted by Crippen LogP contribution is -2.28. The maximum atomic E-state index is 13.7. The number of halogens is 2. The summed E-state index contributed by atoms with van der Waals surface area (Å²) in [5.41, 5.74) is 0.759. The van der Waals surface area contributed by atoms with Gasteiger partial charge in [0.2, 0.25) is 0 Å². The van der Waals surface area contributed by atoms with Crippen LogP contribution in [0.5, 0.6) is 0 Å². The molecule has 1 saturated heterocycles. The molecule has 0 amide bonds. The van der Waals surface area contributed by atoms with Crippen LogP contribution in [0.3, 0.4) is 0 Å². The highest BCUT2D eigenvalue weighted by Gasteiger charge is 2.26. The molecule has 1 saturated carbocycles. The lowest BCUT2D eigenvalue weighted by atomic mass is 9.77. The monoisotopic (exact) mass is 426 g/mol. The first-order chi connectivity index (χ1) is 12.7. The Bertz CT molecular complexity index is 549. The van der Waals surface area contributed by atoms with Gasteiger partial charge in [-0.2, -0.15) is 0 Å². The van der Waals surface area contributed by atoms with Crippen molar-refractivity contribution in [1.82, 2.24) is 0 Å². The number of ether oxygens (including phenoxy) is 2. The van der Waals surface area contributed by atoms with Crippen LogP contribution in [0.25, 0.3) is 0 Å². The van der Waals surface area contributed by atoms with Gasteiger partial charge in [-0.15, -0.1) is 0 Å². The van der Waals surface area contributed by atoms with E-state index in [0.717, 1.165) is 17.4 Å². The number of rotatable bonds is 7. The summed E-state index contributed by atoms with van der Waals surface area (Å²) in [7, 11) is 0. The molecule has 1 aromatic carbocycles. The zero-order valence-electron chi connectivity index (χ0n) is 15.9. The Morgan fingerprint density at radius 1 is 0.962 bits per heavy atom. The molecule has 0 atom stereocenters. The van der Waals surface area contributed by atoms with E-state index in [0.29, 0.717) is 23.6 Å². The fourth-order valence-corrected chi connectivity index (χ4v) is 4.58. The highest BCUT2D eigenvalue weighted by atomic mass is 79.9. The first-order valence-electron chi connectivity index (χ1n) is 10.3. The molecular formula is C22H32BrFO2. The minimum atomic E-state index is -0.428. The predicted octanol–water partition coefficient (Wildman–Crippen LogP) is 7.03. The van der Waals surface area contributed by atoms with Gasteiger partial charge in [0, 0.05) is 11.5 Å². The Kier molecular flexibility index (Phi) is 7.95. The van der Waals surface area contributed by atoms with Crippen LogP contribution in [0.2, 0.25) is 0 Å². The minimum Gasteiger partial charge on any atom is -0.348 e. The molecule has 2 nitrogen and oxygen atoms in total. The van der Waals surface area contributed by atoms with Crippen molar-refractivity contribution >= 4 is 15.9 Å². The van der Waals surface area contributed by atoms with Gasteiger partial charge in [0.1, 0.15) is 5.82 Å². The van der Waals surface area contributed by atoms with E-state index in [-0.39, 0.29) is 5.82 Å². The Hall–Kier alpha value is -0.450. The second-order valence-corrected chi connectivity index (χ2v) is 9.00. The molecule has 0 radical (unpaired) electrons. The molecule has 2 fully saturated rings. The third-order valence-corrected chi connectivity index (χ3v) is 6.74. The van der Waals surface area contributed by atoms with E-state index in [1.807, 2.05) is 6.07 Å². The fraction of sp³-hybridized carbons (Fsp3) is 0.727. The number of benzene rings is 1. The molecule has 0 bridgehead atoms. The van der Waals surface area contributed by atoms with Crippen LogP contribution in [0.4, 0.5) is 4.39 Å². The fourth-order valence-electron chi connectivity index (χ4n) is 4.33. The van der Waals surface area contributed by atoms with Crippen molar-refractivity contribution in [3.63, 3.8) is 0 Å². The Labute approximate surface area is 166 Å². The van der Waals surface area contributed by atoms with Crippen molar-refractivity contribution in [2.45, 2.75) is 71.0 Å². The summed E-state index contributed by atoms with van der Waals surface area (Å²) in [6.45, 7) is 3.72. The number of hydrogen-bond acceptors (Lipinski definition) is 2. The molecule has 146 valence electrons. The van der Waals surface area contributed by atoms with Gasteiger partial charge in [-0.1, -0.05) is 64.4 Å². The van der Waals surface area contributed by atoms with E-state index in [9.17, 15) is 4.39 Å². The van der Waals surface area contributed by atoms with Crippen molar-refractivity contribution in [1.29, 1.82) is 0 Å². The molecular weight excluding hydrogens is 395 g/mol. The Morgan fingerprint density at radius 2 is 1.58 bits per heavy atom. The third-order valence-electron chi connectivity index (χ3n) is 6.10. The maximum absolute atomic E-state index is 13.7. The van der Waals surface area contributed by atoms with Crippen LogP contribution in [0.15, 0.2) is 22.7 Å². The van der Waals surface area contributed by atoms with Gasteiger partial charge in [-0.25, -0.2) is 4.39 Å². The zero-order valence-corrected chi connectivity index (χ0v) is 17.5. The van der Waals surface area contributed by atoms with E-state index in [1.54, 1.807) is 6.07 Å². The predicted molar refractivity (Wildman–Crippen MR) is 106 cm³/mol. The molecule has 1 aliphatic carbocycles. The van der Waals surface area contributed by atoms with Crippen LogP contribution >= 0.6 is 15.9 Å². The molecule has 3 rings (SSSR count). The van der Waals surface area contributed by atoms with Gasteiger partial charge in [-0.3, -0.25) is 0 Å². The molecule has 1 aliphatic heterocycles. The van der Waals surface area contributed by atoms with Crippen LogP contribution in [0, 0.1) is 23.6 Å². The lowest BCUT2D eigenvalue weighted by molar-refractivity contribution is -0.206. The van der Waals surface area contributed by atoms with Gasteiger partial charge < -0.3 is 9.47 Å². The average molecular weight is 427 g/mol. The summed E-state index contributed by atoms with van der Waals surface area (Å²) in [5, 5.41) is 0. The van der Waals surface area contributed by atoms with Crippen LogP contribution in [-0.2, 0) is 9.47 Å². The van der Waals surface area contributed by atoms with E-state index in [1.165, 1.54) is 63.9 Å². The molecule has 26 heavy (non-hydrogen) atoms. The second-order valence-electron chi connectivity index (χ2n) is 8.14. The molecule has 0 spiro atoms. The summed E-state index contributed by atoms with van der Waals surface area (Å²) in [4.78, 5) is 0. The zero-order chi connectivity index (χ0) is 18.4. The van der Waals surface area contributed by atoms with Crippen molar-refractivity contribution in [2.24, 2.45) is 17.8 Å². The molecule has 0 aromatic heterocycles. The van der Waals surface area contributed by atoms with E-state index in [4.69, 9.17) is 9.47 Å². The first kappa shape index (κ1) is 20.3. The van der Waals surface area contributed by atoms with Gasteiger partial charge in [-0.05, 0) is 46.3 Å². The summed E-state index contributed by atoms with van der Waals surface area (Å²) >= 11 is 3.18. The maximum Gasteiger partial charge on any atom is 0.183 e. The molecule has 2 aliphatic rings. The Balaban J connectivity index is 1.35. The van der Waals surface area contributed by atoms with E-state index in [2.05, 4.69) is 22.9 Å². The van der Waals surface area contributed by atoms with Gasteiger partial charge in [0.15, 0.2) is 6.29 Å². The van der Waals surface area contributed by atoms with E-state index >= 15 is 0 Å². The molecule has 1 aromatic rings. The molecule has 1 heterocycles. The second kappa shape index (κ2) is 10.2. The van der Waals surface area contributed by atoms with Crippen molar-refractivity contribution in [3.05, 3.63) is 34.1 Å². The van der Waals surface area contributed by atoms with Crippen LogP contribution < -0.4 is 0 Å². The smallest absolute Gasteiger partial charge is 0.183 e. The topological polar surface area (TPSA) is 18.5 Å². The Morgan fingerprint density at radius 3 is 2.19 bits per heavy atom. The lowest BCUT2D eigenvalue weighted by Gasteiger charge is -2.32. The van der Waals surface area contributed by atoms with E-state index < -0.39 is 6.29 Å². The standard InChI is InChI=1S/C22H32BrFO2/c1-2-3-4-16-5-7-17(8-6-16)9-10-18-14-25-22(26-15-18)19-11-12-20(23)21(24)13-19/h11-13,16-18,22H,2-10,14-15H2,1H3/t16-,17-,18?,22?. The summed E-state index contributed by atoms with van der Waals surface area (Å²) in [6.07, 6.45) is 11.9. The van der Waals surface area contributed by atoms with Crippen molar-refractivity contribution in [3.8, 4) is 0 Å². The van der Waals surface area contributed by atoms with Gasteiger partial charge in [0.25, 0.3) is 0 Å². The SMILES string of the molecule is CCCC[C@H]1CC[C@H](CCC2COC(c3ccc(Br)c(F)c3)OC2)CC1. The summed E-state index contributed by atoms with van der Waals surface area (Å²) < 4.78 is 25.9. The largest absolute Gasteiger partial charge is 0.348 e. The summed E-state index contributed by atoms with van der Waals surface area (Å²) in [5.74, 6) is 2.08. The molecule has 0 unspecified atom stereocenters. The van der Waals surface area contributed by atoms with Crippen LogP contribution in [0.1, 0.15) is 76.6 Å². The van der Waals surface area contributed by atoms with Crippen LogP contribution in [-0.4, -0.2) is 13.2 Å². The highest BCUT2D eigenvalue weighted by Crippen LogP contribution is 2.36. The van der Waals surface area contributed by atoms with Crippen molar-refractivity contribution < 1.29 is 13.9 Å². The highest BCUT2D eigenvalue weighted by molar-refractivity contribution is 9.10. The van der Waals surface area contributed by atoms with Gasteiger partial charge >= 0.3 is 0 Å². The normalized spacial score (nSPS) is 29.7.